The number of ketones is 1. The van der Waals surface area contributed by atoms with Crippen molar-refractivity contribution in [2.75, 3.05) is 21.3 Å². The summed E-state index contributed by atoms with van der Waals surface area (Å²) >= 11 is 0. The van der Waals surface area contributed by atoms with Gasteiger partial charge in [0, 0.05) is 19.4 Å². The molecule has 0 aromatic rings. The zero-order valence-corrected chi connectivity index (χ0v) is 17.7. The Bertz CT molecular complexity index is 696. The number of carbonyl (C=O) groups is 3. The highest BCUT2D eigenvalue weighted by Crippen LogP contribution is 2.64. The van der Waals surface area contributed by atoms with Gasteiger partial charge in [0.1, 0.15) is 5.78 Å². The van der Waals surface area contributed by atoms with E-state index in [0.717, 1.165) is 12.8 Å². The summed E-state index contributed by atoms with van der Waals surface area (Å²) in [7, 11) is 4.23. The fourth-order valence-electron chi connectivity index (χ4n) is 6.72. The normalized spacial score (nSPS) is 41.6. The number of allylic oxidation sites excluding steroid dienone is 2. The number of ether oxygens (including phenoxy) is 3. The first-order valence-corrected chi connectivity index (χ1v) is 10.0. The second-order valence-corrected chi connectivity index (χ2v) is 9.39. The molecular weight excluding hydrogens is 360 g/mol. The molecule has 0 amide bonds. The van der Waals surface area contributed by atoms with Crippen LogP contribution in [-0.4, -0.2) is 45.2 Å². The lowest BCUT2D eigenvalue weighted by molar-refractivity contribution is -0.185. The number of fused-ring (bicyclic) bond motifs is 3. The molecule has 3 aliphatic carbocycles. The van der Waals surface area contributed by atoms with Crippen LogP contribution < -0.4 is 0 Å². The number of methoxy groups -OCH3 is 3. The Morgan fingerprint density at radius 1 is 1.11 bits per heavy atom. The molecule has 2 fully saturated rings. The highest BCUT2D eigenvalue weighted by Gasteiger charge is 2.66. The summed E-state index contributed by atoms with van der Waals surface area (Å²) in [4.78, 5) is 38.8. The lowest BCUT2D eigenvalue weighted by Gasteiger charge is -2.60. The predicted molar refractivity (Wildman–Crippen MR) is 102 cm³/mol. The van der Waals surface area contributed by atoms with Crippen molar-refractivity contribution in [3.63, 3.8) is 0 Å². The summed E-state index contributed by atoms with van der Waals surface area (Å²) in [5, 5.41) is 0. The van der Waals surface area contributed by atoms with E-state index in [0.29, 0.717) is 5.92 Å². The van der Waals surface area contributed by atoms with Crippen LogP contribution in [-0.2, 0) is 28.6 Å². The van der Waals surface area contributed by atoms with Gasteiger partial charge < -0.3 is 14.2 Å². The molecular formula is C22H32O6. The topological polar surface area (TPSA) is 78.9 Å². The summed E-state index contributed by atoms with van der Waals surface area (Å²) < 4.78 is 15.5. The van der Waals surface area contributed by atoms with Gasteiger partial charge in [-0.2, -0.15) is 0 Å². The largest absolute Gasteiger partial charge is 0.468 e. The molecule has 156 valence electrons. The number of esters is 2. The maximum Gasteiger partial charge on any atom is 0.323 e. The van der Waals surface area contributed by atoms with E-state index in [1.54, 1.807) is 7.11 Å². The molecule has 0 unspecified atom stereocenters. The average molecular weight is 392 g/mol. The number of rotatable bonds is 3. The molecule has 0 aliphatic heterocycles. The van der Waals surface area contributed by atoms with Gasteiger partial charge in [0.05, 0.1) is 20.3 Å². The van der Waals surface area contributed by atoms with Crippen LogP contribution in [0.5, 0.6) is 0 Å². The summed E-state index contributed by atoms with van der Waals surface area (Å²) in [5.41, 5.74) is -2.41. The first kappa shape index (κ1) is 21.0. The van der Waals surface area contributed by atoms with Crippen LogP contribution in [0.3, 0.4) is 0 Å². The van der Waals surface area contributed by atoms with Gasteiger partial charge in [-0.1, -0.05) is 32.9 Å². The molecule has 0 spiro atoms. The van der Waals surface area contributed by atoms with Gasteiger partial charge in [0.2, 0.25) is 0 Å². The lowest BCUT2D eigenvalue weighted by Crippen LogP contribution is -2.61. The van der Waals surface area contributed by atoms with Crippen LogP contribution in [0.2, 0.25) is 0 Å². The Morgan fingerprint density at radius 2 is 1.71 bits per heavy atom. The molecule has 6 atom stereocenters. The molecule has 3 aliphatic rings. The average Bonchev–Trinajstić information content (AvgIpc) is 2.65. The molecule has 0 radical (unpaired) electrons. The fraction of sp³-hybridized carbons (Fsp3) is 0.773. The molecule has 3 rings (SSSR count). The van der Waals surface area contributed by atoms with Crippen LogP contribution in [0, 0.1) is 34.0 Å². The maximum absolute atomic E-state index is 13.5. The Hall–Kier alpha value is -1.69. The molecule has 2 saturated carbocycles. The number of carbonyl (C=O) groups excluding carboxylic acids is 3. The standard InChI is InChI=1S/C22H32O6/c1-13-14-7-9-20(2)12-22(18(24)27-5,19(25)28-6)11-15(23)17(20)21(14,3)10-8-16(13)26-4/h7,9,13-14,16-17H,8,10-12H2,1-6H3/t13-,14-,16-,17-,20-,21-/m0/s1. The second kappa shape index (κ2) is 6.97. The van der Waals surface area contributed by atoms with Crippen molar-refractivity contribution in [1.29, 1.82) is 0 Å². The van der Waals surface area contributed by atoms with E-state index in [1.807, 2.05) is 6.92 Å². The molecule has 0 aromatic carbocycles. The van der Waals surface area contributed by atoms with E-state index in [4.69, 9.17) is 14.2 Å². The Balaban J connectivity index is 2.08. The third kappa shape index (κ3) is 2.75. The SMILES string of the molecule is COC(=O)C1(C(=O)OC)CC(=O)[C@@H]2[C@@]3(C)CC[C@H](OC)[C@@H](C)[C@@H]3C=C[C@@]2(C)C1. The van der Waals surface area contributed by atoms with E-state index in [9.17, 15) is 14.4 Å². The Kier molecular flexibility index (Phi) is 5.24. The van der Waals surface area contributed by atoms with E-state index in [2.05, 4.69) is 26.0 Å². The number of hydrogen-bond acceptors (Lipinski definition) is 6. The quantitative estimate of drug-likeness (QED) is 0.417. The van der Waals surface area contributed by atoms with Crippen molar-refractivity contribution in [1.82, 2.24) is 0 Å². The van der Waals surface area contributed by atoms with Gasteiger partial charge in [-0.15, -0.1) is 0 Å². The molecule has 28 heavy (non-hydrogen) atoms. The molecule has 0 N–H and O–H groups in total. The van der Waals surface area contributed by atoms with Crippen molar-refractivity contribution in [3.8, 4) is 0 Å². The summed E-state index contributed by atoms with van der Waals surface area (Å²) in [6.45, 7) is 6.36. The van der Waals surface area contributed by atoms with Crippen molar-refractivity contribution in [2.45, 2.75) is 52.6 Å². The zero-order valence-electron chi connectivity index (χ0n) is 17.7. The molecule has 6 heteroatoms. The monoisotopic (exact) mass is 392 g/mol. The highest BCUT2D eigenvalue weighted by molar-refractivity contribution is 6.05. The first-order valence-electron chi connectivity index (χ1n) is 10.0. The van der Waals surface area contributed by atoms with Crippen LogP contribution in [0.4, 0.5) is 0 Å². The Labute approximate surface area is 167 Å². The third-order valence-corrected chi connectivity index (χ3v) is 7.82. The molecule has 0 bridgehead atoms. The van der Waals surface area contributed by atoms with Crippen molar-refractivity contribution < 1.29 is 28.6 Å². The minimum atomic E-state index is -1.57. The molecule has 0 saturated heterocycles. The van der Waals surface area contributed by atoms with E-state index < -0.39 is 22.8 Å². The van der Waals surface area contributed by atoms with Crippen molar-refractivity contribution >= 4 is 17.7 Å². The first-order chi connectivity index (χ1) is 13.1. The molecule has 0 aromatic heterocycles. The van der Waals surface area contributed by atoms with E-state index in [1.165, 1.54) is 14.2 Å². The minimum absolute atomic E-state index is 0.0514. The smallest absolute Gasteiger partial charge is 0.323 e. The second-order valence-electron chi connectivity index (χ2n) is 9.39. The van der Waals surface area contributed by atoms with Gasteiger partial charge in [0.15, 0.2) is 5.41 Å². The van der Waals surface area contributed by atoms with Gasteiger partial charge >= 0.3 is 11.9 Å². The number of Topliss-reactive ketones (excluding diaryl/α,β-unsaturated/α-hetero) is 1. The minimum Gasteiger partial charge on any atom is -0.468 e. The van der Waals surface area contributed by atoms with Gasteiger partial charge in [-0.25, -0.2) is 0 Å². The summed E-state index contributed by atoms with van der Waals surface area (Å²) in [6.07, 6.45) is 6.25. The maximum atomic E-state index is 13.5. The predicted octanol–water partition coefficient (Wildman–Crippen LogP) is 2.94. The Morgan fingerprint density at radius 3 is 2.25 bits per heavy atom. The highest BCUT2D eigenvalue weighted by atomic mass is 16.5. The third-order valence-electron chi connectivity index (χ3n) is 7.82. The van der Waals surface area contributed by atoms with Gasteiger partial charge in [0.25, 0.3) is 0 Å². The van der Waals surface area contributed by atoms with Crippen LogP contribution in [0.1, 0.15) is 46.5 Å². The summed E-state index contributed by atoms with van der Waals surface area (Å²) in [6, 6.07) is 0. The molecule has 6 nitrogen and oxygen atoms in total. The van der Waals surface area contributed by atoms with Gasteiger partial charge in [-0.05, 0) is 41.9 Å². The van der Waals surface area contributed by atoms with Crippen molar-refractivity contribution in [2.24, 2.45) is 34.0 Å². The van der Waals surface area contributed by atoms with Crippen LogP contribution >= 0.6 is 0 Å². The summed E-state index contributed by atoms with van der Waals surface area (Å²) in [5.74, 6) is -1.17. The molecule has 0 heterocycles. The van der Waals surface area contributed by atoms with Crippen LogP contribution in [0.25, 0.3) is 0 Å². The number of hydrogen-bond donors (Lipinski definition) is 0. The van der Waals surface area contributed by atoms with Crippen LogP contribution in [0.15, 0.2) is 12.2 Å². The lowest BCUT2D eigenvalue weighted by atomic mass is 9.43. The van der Waals surface area contributed by atoms with Gasteiger partial charge in [-0.3, -0.25) is 14.4 Å². The fourth-order valence-corrected chi connectivity index (χ4v) is 6.72. The van der Waals surface area contributed by atoms with E-state index >= 15 is 0 Å². The zero-order chi connectivity index (χ0) is 20.9. The van der Waals surface area contributed by atoms with E-state index in [-0.39, 0.29) is 42.0 Å². The van der Waals surface area contributed by atoms with Crippen molar-refractivity contribution in [3.05, 3.63) is 12.2 Å².